The lowest BCUT2D eigenvalue weighted by atomic mass is 10.2. The standard InChI is InChI=1S/C18H26ClN3O3/c1-14(2)13-25-18(20-7-8-22-9-11-24-12-10-22)21-17(23)15-5-3-4-6-16(15)19/h3-6,14H,7-13H2,1-2H3,(H,20,21,23). The molecular formula is C18H26ClN3O3. The molecule has 1 saturated heterocycles. The quantitative estimate of drug-likeness (QED) is 0.619. The summed E-state index contributed by atoms with van der Waals surface area (Å²) in [5.74, 6) is 0.0149. The Bertz CT molecular complexity index is 587. The average Bonchev–Trinajstić information content (AvgIpc) is 2.60. The molecule has 1 amide bonds. The molecule has 2 rings (SSSR count). The van der Waals surface area contributed by atoms with Gasteiger partial charge < -0.3 is 9.47 Å². The topological polar surface area (TPSA) is 63.2 Å². The number of aliphatic imine (C=N–C) groups is 1. The van der Waals surface area contributed by atoms with Crippen molar-refractivity contribution in [2.45, 2.75) is 13.8 Å². The average molecular weight is 368 g/mol. The van der Waals surface area contributed by atoms with Gasteiger partial charge in [-0.3, -0.25) is 15.0 Å². The Labute approximate surface area is 154 Å². The number of morpholine rings is 1. The van der Waals surface area contributed by atoms with E-state index in [9.17, 15) is 4.79 Å². The molecule has 1 aromatic rings. The highest BCUT2D eigenvalue weighted by Gasteiger charge is 2.14. The summed E-state index contributed by atoms with van der Waals surface area (Å²) in [6, 6.07) is 7.15. The molecule has 138 valence electrons. The van der Waals surface area contributed by atoms with Crippen molar-refractivity contribution in [3.05, 3.63) is 34.9 Å². The Morgan fingerprint density at radius 3 is 2.76 bits per heavy atom. The van der Waals surface area contributed by atoms with Crippen LogP contribution in [0.3, 0.4) is 0 Å². The molecule has 1 fully saturated rings. The van der Waals surface area contributed by atoms with Gasteiger partial charge in [0.25, 0.3) is 11.9 Å². The molecule has 1 aromatic carbocycles. The molecule has 0 unspecified atom stereocenters. The van der Waals surface area contributed by atoms with Gasteiger partial charge in [-0.2, -0.15) is 0 Å². The largest absolute Gasteiger partial charge is 0.465 e. The van der Waals surface area contributed by atoms with Crippen molar-refractivity contribution in [2.75, 3.05) is 46.0 Å². The number of amidine groups is 1. The van der Waals surface area contributed by atoms with Crippen LogP contribution >= 0.6 is 11.6 Å². The van der Waals surface area contributed by atoms with Crippen molar-refractivity contribution in [2.24, 2.45) is 10.9 Å². The minimum absolute atomic E-state index is 0.242. The van der Waals surface area contributed by atoms with Crippen molar-refractivity contribution >= 4 is 23.5 Å². The van der Waals surface area contributed by atoms with Crippen LogP contribution in [0.4, 0.5) is 0 Å². The van der Waals surface area contributed by atoms with Crippen molar-refractivity contribution in [1.29, 1.82) is 0 Å². The van der Waals surface area contributed by atoms with Crippen LogP contribution in [0, 0.1) is 5.92 Å². The number of ether oxygens (including phenoxy) is 2. The number of carbonyl (C=O) groups excluding carboxylic acids is 1. The molecule has 7 heteroatoms. The number of hydrogen-bond acceptors (Lipinski definition) is 5. The predicted molar refractivity (Wildman–Crippen MR) is 99.3 cm³/mol. The first-order chi connectivity index (χ1) is 12.1. The molecule has 1 N–H and O–H groups in total. The third-order valence-corrected chi connectivity index (χ3v) is 4.00. The molecule has 1 aliphatic heterocycles. The van der Waals surface area contributed by atoms with Gasteiger partial charge in [-0.15, -0.1) is 0 Å². The van der Waals surface area contributed by atoms with Crippen LogP contribution in [0.2, 0.25) is 5.02 Å². The van der Waals surface area contributed by atoms with Gasteiger partial charge in [0.15, 0.2) is 0 Å². The monoisotopic (exact) mass is 367 g/mol. The van der Waals surface area contributed by atoms with Crippen LogP contribution < -0.4 is 5.32 Å². The Hall–Kier alpha value is -1.63. The van der Waals surface area contributed by atoms with E-state index >= 15 is 0 Å². The summed E-state index contributed by atoms with van der Waals surface area (Å²) in [6.45, 7) is 9.25. The van der Waals surface area contributed by atoms with Gasteiger partial charge in [0, 0.05) is 19.6 Å². The molecule has 0 saturated carbocycles. The van der Waals surface area contributed by atoms with Gasteiger partial charge in [-0.05, 0) is 18.1 Å². The second kappa shape index (κ2) is 10.4. The summed E-state index contributed by atoms with van der Waals surface area (Å²) in [7, 11) is 0. The first kappa shape index (κ1) is 19.7. The zero-order chi connectivity index (χ0) is 18.1. The van der Waals surface area contributed by atoms with E-state index in [1.807, 2.05) is 13.8 Å². The SMILES string of the molecule is CC(C)COC(=NCCN1CCOCC1)NC(=O)c1ccccc1Cl. The summed E-state index contributed by atoms with van der Waals surface area (Å²) in [4.78, 5) is 19.1. The Balaban J connectivity index is 1.95. The number of nitrogens with one attached hydrogen (secondary N) is 1. The van der Waals surface area contributed by atoms with Crippen LogP contribution in [0.1, 0.15) is 24.2 Å². The van der Waals surface area contributed by atoms with E-state index in [2.05, 4.69) is 15.2 Å². The minimum Gasteiger partial charge on any atom is -0.465 e. The fourth-order valence-corrected chi connectivity index (χ4v) is 2.52. The summed E-state index contributed by atoms with van der Waals surface area (Å²) >= 11 is 6.08. The molecule has 6 nitrogen and oxygen atoms in total. The number of hydrogen-bond donors (Lipinski definition) is 1. The van der Waals surface area contributed by atoms with Gasteiger partial charge in [-0.1, -0.05) is 37.6 Å². The number of rotatable bonds is 6. The normalized spacial score (nSPS) is 16.1. The third kappa shape index (κ3) is 7.02. The van der Waals surface area contributed by atoms with Gasteiger partial charge in [0.2, 0.25) is 0 Å². The third-order valence-electron chi connectivity index (χ3n) is 3.67. The number of benzene rings is 1. The van der Waals surface area contributed by atoms with Crippen LogP contribution in [0.25, 0.3) is 0 Å². The maximum Gasteiger partial charge on any atom is 0.291 e. The van der Waals surface area contributed by atoms with Crippen LogP contribution in [-0.2, 0) is 9.47 Å². The number of halogens is 1. The smallest absolute Gasteiger partial charge is 0.291 e. The molecule has 0 atom stereocenters. The lowest BCUT2D eigenvalue weighted by Gasteiger charge is -2.25. The Morgan fingerprint density at radius 1 is 1.36 bits per heavy atom. The highest BCUT2D eigenvalue weighted by molar-refractivity contribution is 6.34. The zero-order valence-corrected chi connectivity index (χ0v) is 15.6. The molecule has 1 aliphatic rings. The fourth-order valence-electron chi connectivity index (χ4n) is 2.29. The molecule has 0 aliphatic carbocycles. The lowest BCUT2D eigenvalue weighted by molar-refractivity contribution is 0.0394. The Morgan fingerprint density at radius 2 is 2.08 bits per heavy atom. The summed E-state index contributed by atoms with van der Waals surface area (Å²) in [5, 5.41) is 3.13. The highest BCUT2D eigenvalue weighted by atomic mass is 35.5. The molecule has 1 heterocycles. The molecule has 0 radical (unpaired) electrons. The van der Waals surface area contributed by atoms with Gasteiger partial charge in [0.05, 0.1) is 37.0 Å². The fraction of sp³-hybridized carbons (Fsp3) is 0.556. The van der Waals surface area contributed by atoms with E-state index in [-0.39, 0.29) is 11.9 Å². The van der Waals surface area contributed by atoms with Crippen molar-refractivity contribution < 1.29 is 14.3 Å². The van der Waals surface area contributed by atoms with E-state index in [0.29, 0.717) is 29.7 Å². The number of nitrogens with zero attached hydrogens (tertiary/aromatic N) is 2. The van der Waals surface area contributed by atoms with Crippen LogP contribution in [0.5, 0.6) is 0 Å². The first-order valence-corrected chi connectivity index (χ1v) is 8.97. The van der Waals surface area contributed by atoms with E-state index in [0.717, 1.165) is 32.8 Å². The first-order valence-electron chi connectivity index (χ1n) is 8.59. The van der Waals surface area contributed by atoms with E-state index in [4.69, 9.17) is 21.1 Å². The molecule has 25 heavy (non-hydrogen) atoms. The van der Waals surface area contributed by atoms with Crippen LogP contribution in [-0.4, -0.2) is 62.8 Å². The predicted octanol–water partition coefficient (Wildman–Crippen LogP) is 2.43. The van der Waals surface area contributed by atoms with Gasteiger partial charge in [0.1, 0.15) is 0 Å². The molecular weight excluding hydrogens is 342 g/mol. The lowest BCUT2D eigenvalue weighted by Crippen LogP contribution is -2.38. The molecule has 0 bridgehead atoms. The van der Waals surface area contributed by atoms with Crippen molar-refractivity contribution in [1.82, 2.24) is 10.2 Å². The summed E-state index contributed by atoms with van der Waals surface area (Å²) in [5.41, 5.74) is 0.401. The maximum atomic E-state index is 12.4. The minimum atomic E-state index is -0.320. The highest BCUT2D eigenvalue weighted by Crippen LogP contribution is 2.14. The second-order valence-electron chi connectivity index (χ2n) is 6.28. The van der Waals surface area contributed by atoms with E-state index < -0.39 is 0 Å². The zero-order valence-electron chi connectivity index (χ0n) is 14.8. The Kier molecular flexibility index (Phi) is 8.18. The van der Waals surface area contributed by atoms with Gasteiger partial charge in [-0.25, -0.2) is 4.99 Å². The molecule has 0 spiro atoms. The maximum absolute atomic E-state index is 12.4. The van der Waals surface area contributed by atoms with Crippen molar-refractivity contribution in [3.8, 4) is 0 Å². The summed E-state index contributed by atoms with van der Waals surface area (Å²) in [6.07, 6.45) is 0. The van der Waals surface area contributed by atoms with Crippen molar-refractivity contribution in [3.63, 3.8) is 0 Å². The second-order valence-corrected chi connectivity index (χ2v) is 6.69. The molecule has 0 aromatic heterocycles. The van der Waals surface area contributed by atoms with Crippen LogP contribution in [0.15, 0.2) is 29.3 Å². The van der Waals surface area contributed by atoms with Gasteiger partial charge >= 0.3 is 0 Å². The number of carbonyl (C=O) groups is 1. The summed E-state index contributed by atoms with van der Waals surface area (Å²) < 4.78 is 11.0. The number of amides is 1. The van der Waals surface area contributed by atoms with E-state index in [1.165, 1.54) is 0 Å². The van der Waals surface area contributed by atoms with E-state index in [1.54, 1.807) is 24.3 Å².